The van der Waals surface area contributed by atoms with Gasteiger partial charge in [-0.3, -0.25) is 4.79 Å². The topological polar surface area (TPSA) is 55.1 Å². The molecule has 0 unspecified atom stereocenters. The van der Waals surface area contributed by atoms with Crippen LogP contribution in [0.15, 0.2) is 18.2 Å². The number of carbonyl (C=O) groups excluding carboxylic acids is 1. The molecule has 3 N–H and O–H groups in total. The van der Waals surface area contributed by atoms with Gasteiger partial charge in [0.15, 0.2) is 0 Å². The highest BCUT2D eigenvalue weighted by atomic mass is 35.5. The van der Waals surface area contributed by atoms with Crippen LogP contribution in [0.3, 0.4) is 0 Å². The minimum Gasteiger partial charge on any atom is -0.330 e. The summed E-state index contributed by atoms with van der Waals surface area (Å²) in [5.74, 6) is -0.539. The Bertz CT molecular complexity index is 483. The van der Waals surface area contributed by atoms with E-state index in [9.17, 15) is 9.18 Å². The van der Waals surface area contributed by atoms with E-state index in [0.717, 1.165) is 18.4 Å². The number of benzene rings is 1. The van der Waals surface area contributed by atoms with Crippen molar-refractivity contribution in [1.29, 1.82) is 0 Å². The zero-order chi connectivity index (χ0) is 17.6. The SMILES string of the molecule is CCCCCCCCCCc1ccc(NC(=O)CCCN)c(F)c1.Cl. The first-order valence-corrected chi connectivity index (χ1v) is 9.45. The largest absolute Gasteiger partial charge is 0.330 e. The number of nitrogens with one attached hydrogen (secondary N) is 1. The molecule has 1 amide bonds. The fraction of sp³-hybridized carbons (Fsp3) is 0.650. The first-order chi connectivity index (χ1) is 11.7. The maximum atomic E-state index is 14.0. The smallest absolute Gasteiger partial charge is 0.224 e. The lowest BCUT2D eigenvalue weighted by atomic mass is 10.0. The molecule has 0 saturated heterocycles. The number of hydrogen-bond donors (Lipinski definition) is 2. The molecule has 5 heteroatoms. The van der Waals surface area contributed by atoms with E-state index in [-0.39, 0.29) is 29.8 Å². The molecule has 1 aromatic carbocycles. The second-order valence-corrected chi connectivity index (χ2v) is 6.48. The first-order valence-electron chi connectivity index (χ1n) is 9.45. The molecule has 25 heavy (non-hydrogen) atoms. The average molecular weight is 373 g/mol. The van der Waals surface area contributed by atoms with E-state index < -0.39 is 0 Å². The van der Waals surface area contributed by atoms with Crippen LogP contribution in [-0.4, -0.2) is 12.5 Å². The van der Waals surface area contributed by atoms with Crippen LogP contribution in [0, 0.1) is 5.82 Å². The number of halogens is 2. The van der Waals surface area contributed by atoms with Gasteiger partial charge in [0, 0.05) is 6.42 Å². The minimum atomic E-state index is -0.354. The quantitative estimate of drug-likeness (QED) is 0.442. The summed E-state index contributed by atoms with van der Waals surface area (Å²) in [4.78, 5) is 11.6. The second kappa shape index (κ2) is 15.2. The summed E-state index contributed by atoms with van der Waals surface area (Å²) in [5.41, 5.74) is 6.62. The van der Waals surface area contributed by atoms with Gasteiger partial charge in [-0.2, -0.15) is 0 Å². The number of anilines is 1. The molecule has 0 aromatic heterocycles. The molecule has 0 heterocycles. The molecular formula is C20H34ClFN2O. The van der Waals surface area contributed by atoms with E-state index in [1.807, 2.05) is 6.07 Å². The summed E-state index contributed by atoms with van der Waals surface area (Å²) in [6.07, 6.45) is 12.0. The van der Waals surface area contributed by atoms with Crippen LogP contribution in [0.5, 0.6) is 0 Å². The van der Waals surface area contributed by atoms with Gasteiger partial charge >= 0.3 is 0 Å². The standard InChI is InChI=1S/C20H33FN2O.ClH/c1-2-3-4-5-6-7-8-9-11-17-13-14-19(18(21)16-17)23-20(24)12-10-15-22;/h13-14,16H,2-12,15,22H2,1H3,(H,23,24);1H. The molecule has 0 spiro atoms. The molecule has 0 aliphatic carbocycles. The van der Waals surface area contributed by atoms with Crippen molar-refractivity contribution in [2.75, 3.05) is 11.9 Å². The lowest BCUT2D eigenvalue weighted by Gasteiger charge is -2.08. The van der Waals surface area contributed by atoms with E-state index in [1.165, 1.54) is 44.9 Å². The molecule has 0 aliphatic rings. The zero-order valence-electron chi connectivity index (χ0n) is 15.5. The highest BCUT2D eigenvalue weighted by Gasteiger charge is 2.07. The number of hydrogen-bond acceptors (Lipinski definition) is 2. The summed E-state index contributed by atoms with van der Waals surface area (Å²) in [6.45, 7) is 2.70. The van der Waals surface area contributed by atoms with Gasteiger partial charge in [0.05, 0.1) is 5.69 Å². The van der Waals surface area contributed by atoms with Gasteiger partial charge in [0.25, 0.3) is 0 Å². The normalized spacial score (nSPS) is 10.4. The third-order valence-electron chi connectivity index (χ3n) is 4.23. The first kappa shape index (κ1) is 23.9. The summed E-state index contributed by atoms with van der Waals surface area (Å²) >= 11 is 0. The Morgan fingerprint density at radius 3 is 2.28 bits per heavy atom. The molecule has 1 rings (SSSR count). The van der Waals surface area contributed by atoms with Gasteiger partial charge in [0.2, 0.25) is 5.91 Å². The Kier molecular flexibility index (Phi) is 14.5. The third-order valence-corrected chi connectivity index (χ3v) is 4.23. The Morgan fingerprint density at radius 1 is 1.04 bits per heavy atom. The summed E-state index contributed by atoms with van der Waals surface area (Å²) < 4.78 is 14.0. The van der Waals surface area contributed by atoms with Crippen molar-refractivity contribution in [2.45, 2.75) is 77.6 Å². The number of carbonyl (C=O) groups is 1. The van der Waals surface area contributed by atoms with Crippen LogP contribution in [0.1, 0.15) is 76.7 Å². The Hall–Kier alpha value is -1.13. The molecule has 0 radical (unpaired) electrons. The van der Waals surface area contributed by atoms with Gasteiger partial charge in [-0.25, -0.2) is 4.39 Å². The van der Waals surface area contributed by atoms with Crippen LogP contribution in [-0.2, 0) is 11.2 Å². The highest BCUT2D eigenvalue weighted by Crippen LogP contribution is 2.18. The number of unbranched alkanes of at least 4 members (excludes halogenated alkanes) is 7. The summed E-state index contributed by atoms with van der Waals surface area (Å²) in [6, 6.07) is 5.11. The van der Waals surface area contributed by atoms with Crippen LogP contribution >= 0.6 is 12.4 Å². The molecule has 3 nitrogen and oxygen atoms in total. The number of rotatable bonds is 13. The molecule has 144 valence electrons. The van der Waals surface area contributed by atoms with Crippen molar-refractivity contribution in [2.24, 2.45) is 5.73 Å². The number of aryl methyl sites for hydroxylation is 1. The summed E-state index contributed by atoms with van der Waals surface area (Å²) in [7, 11) is 0. The van der Waals surface area contributed by atoms with Gasteiger partial charge < -0.3 is 11.1 Å². The molecule has 1 aromatic rings. The van der Waals surface area contributed by atoms with Crippen molar-refractivity contribution < 1.29 is 9.18 Å². The minimum absolute atomic E-state index is 0. The van der Waals surface area contributed by atoms with E-state index in [1.54, 1.807) is 12.1 Å². The van der Waals surface area contributed by atoms with E-state index in [2.05, 4.69) is 12.2 Å². The molecule has 0 fully saturated rings. The maximum Gasteiger partial charge on any atom is 0.224 e. The predicted molar refractivity (Wildman–Crippen MR) is 107 cm³/mol. The lowest BCUT2D eigenvalue weighted by Crippen LogP contribution is -2.14. The van der Waals surface area contributed by atoms with E-state index in [0.29, 0.717) is 19.4 Å². The van der Waals surface area contributed by atoms with Crippen LogP contribution in [0.2, 0.25) is 0 Å². The third kappa shape index (κ3) is 11.2. The second-order valence-electron chi connectivity index (χ2n) is 6.48. The molecule has 0 atom stereocenters. The van der Waals surface area contributed by atoms with Crippen molar-refractivity contribution in [3.63, 3.8) is 0 Å². The van der Waals surface area contributed by atoms with Gasteiger partial charge in [-0.05, 0) is 43.5 Å². The molecular weight excluding hydrogens is 339 g/mol. The fourth-order valence-electron chi connectivity index (χ4n) is 2.75. The number of nitrogens with two attached hydrogens (primary N) is 1. The lowest BCUT2D eigenvalue weighted by molar-refractivity contribution is -0.116. The highest BCUT2D eigenvalue weighted by molar-refractivity contribution is 5.90. The zero-order valence-corrected chi connectivity index (χ0v) is 16.3. The van der Waals surface area contributed by atoms with Gasteiger partial charge in [-0.15, -0.1) is 12.4 Å². The maximum absolute atomic E-state index is 14.0. The monoisotopic (exact) mass is 372 g/mol. The van der Waals surface area contributed by atoms with Crippen molar-refractivity contribution >= 4 is 24.0 Å². The van der Waals surface area contributed by atoms with Gasteiger partial charge in [0.1, 0.15) is 5.82 Å². The summed E-state index contributed by atoms with van der Waals surface area (Å²) in [5, 5.41) is 2.60. The van der Waals surface area contributed by atoms with Crippen molar-refractivity contribution in [1.82, 2.24) is 0 Å². The van der Waals surface area contributed by atoms with Crippen molar-refractivity contribution in [3.8, 4) is 0 Å². The number of amides is 1. The fourth-order valence-corrected chi connectivity index (χ4v) is 2.75. The predicted octanol–water partition coefficient (Wildman–Crippen LogP) is 5.61. The molecule has 0 aliphatic heterocycles. The van der Waals surface area contributed by atoms with E-state index >= 15 is 0 Å². The van der Waals surface area contributed by atoms with Crippen LogP contribution in [0.25, 0.3) is 0 Å². The van der Waals surface area contributed by atoms with Crippen LogP contribution < -0.4 is 11.1 Å². The average Bonchev–Trinajstić information content (AvgIpc) is 2.57. The Morgan fingerprint density at radius 2 is 1.68 bits per heavy atom. The van der Waals surface area contributed by atoms with Crippen molar-refractivity contribution in [3.05, 3.63) is 29.6 Å². The molecule has 0 saturated carbocycles. The van der Waals surface area contributed by atoms with Crippen LogP contribution in [0.4, 0.5) is 10.1 Å². The Labute approximate surface area is 158 Å². The van der Waals surface area contributed by atoms with Gasteiger partial charge in [-0.1, -0.05) is 57.9 Å². The molecule has 0 bridgehead atoms. The van der Waals surface area contributed by atoms with E-state index in [4.69, 9.17) is 5.73 Å². The Balaban J connectivity index is 0.00000576.